The maximum atomic E-state index is 13.0. The molecule has 0 heterocycles. The summed E-state index contributed by atoms with van der Waals surface area (Å²) in [6.45, 7) is 1.81. The number of carbonyl (C=O) groups excluding carboxylic acids is 1. The minimum absolute atomic E-state index is 0.216. The first-order chi connectivity index (χ1) is 6.57. The molecule has 1 rings (SSSR count). The van der Waals surface area contributed by atoms with Gasteiger partial charge < -0.3 is 5.32 Å². The van der Waals surface area contributed by atoms with Gasteiger partial charge in [-0.15, -0.1) is 0 Å². The van der Waals surface area contributed by atoms with Crippen LogP contribution in [-0.2, 0) is 0 Å². The number of benzene rings is 1. The summed E-state index contributed by atoms with van der Waals surface area (Å²) in [7, 11) is 0. The van der Waals surface area contributed by atoms with Gasteiger partial charge in [-0.3, -0.25) is 4.79 Å². The number of hydrogen-bond donors (Lipinski definition) is 1. The molecule has 0 aromatic heterocycles. The highest BCUT2D eigenvalue weighted by molar-refractivity contribution is 5.94. The number of carbonyl (C=O) groups is 1. The summed E-state index contributed by atoms with van der Waals surface area (Å²) in [5.41, 5.74) is -0.883. The van der Waals surface area contributed by atoms with E-state index in [4.69, 9.17) is 0 Å². The van der Waals surface area contributed by atoms with Crippen LogP contribution in [0.5, 0.6) is 0 Å². The molecule has 5 heteroatoms. The molecule has 14 heavy (non-hydrogen) atoms. The zero-order chi connectivity index (χ0) is 10.7. The van der Waals surface area contributed by atoms with Crippen LogP contribution < -0.4 is 5.32 Å². The molecule has 0 bridgehead atoms. The van der Waals surface area contributed by atoms with Crippen molar-refractivity contribution in [2.24, 2.45) is 0 Å². The zero-order valence-corrected chi connectivity index (χ0v) is 7.40. The maximum absolute atomic E-state index is 13.0. The van der Waals surface area contributed by atoms with Crippen molar-refractivity contribution in [3.8, 4) is 0 Å². The van der Waals surface area contributed by atoms with Crippen LogP contribution in [0.25, 0.3) is 0 Å². The lowest BCUT2D eigenvalue weighted by Gasteiger charge is -2.04. The van der Waals surface area contributed by atoms with Gasteiger partial charge in [0.15, 0.2) is 11.6 Å². The third-order valence-electron chi connectivity index (χ3n) is 1.61. The zero-order valence-electron chi connectivity index (χ0n) is 7.40. The molecule has 1 aromatic rings. The molecule has 0 spiro atoms. The first-order valence-corrected chi connectivity index (χ1v) is 3.99. The Morgan fingerprint density at radius 1 is 1.29 bits per heavy atom. The third kappa shape index (κ3) is 1.86. The second-order valence-corrected chi connectivity index (χ2v) is 2.58. The van der Waals surface area contributed by atoms with Crippen molar-refractivity contribution >= 4 is 5.91 Å². The Hall–Kier alpha value is -1.52. The van der Waals surface area contributed by atoms with E-state index in [0.29, 0.717) is 12.1 Å². The van der Waals surface area contributed by atoms with Crippen molar-refractivity contribution in [2.45, 2.75) is 6.92 Å². The van der Waals surface area contributed by atoms with E-state index in [2.05, 4.69) is 5.32 Å². The Labute approximate surface area is 78.7 Å². The first-order valence-electron chi connectivity index (χ1n) is 3.99. The lowest BCUT2D eigenvalue weighted by Crippen LogP contribution is -2.25. The Kier molecular flexibility index (Phi) is 3.11. The fourth-order valence-corrected chi connectivity index (χ4v) is 0.984. The molecule has 0 fully saturated rings. The van der Waals surface area contributed by atoms with Gasteiger partial charge in [-0.1, -0.05) is 0 Å². The summed E-state index contributed by atoms with van der Waals surface area (Å²) in [4.78, 5) is 11.1. The topological polar surface area (TPSA) is 29.1 Å². The fourth-order valence-electron chi connectivity index (χ4n) is 0.984. The molecular weight excluding hydrogens is 195 g/mol. The molecule has 0 radical (unpaired) electrons. The van der Waals surface area contributed by atoms with E-state index in [1.54, 1.807) is 6.92 Å². The van der Waals surface area contributed by atoms with Crippen LogP contribution in [0.1, 0.15) is 17.3 Å². The van der Waals surface area contributed by atoms with Gasteiger partial charge in [0.05, 0.1) is 0 Å². The summed E-state index contributed by atoms with van der Waals surface area (Å²) in [6.07, 6.45) is 0. The average Bonchev–Trinajstić information content (AvgIpc) is 2.13. The number of amides is 1. The summed E-state index contributed by atoms with van der Waals surface area (Å²) in [5, 5.41) is 2.19. The highest BCUT2D eigenvalue weighted by Crippen LogP contribution is 2.15. The quantitative estimate of drug-likeness (QED) is 0.730. The van der Waals surface area contributed by atoms with Crippen LogP contribution in [0.3, 0.4) is 0 Å². The van der Waals surface area contributed by atoms with Gasteiger partial charge in [-0.25, -0.2) is 13.2 Å². The van der Waals surface area contributed by atoms with E-state index in [9.17, 15) is 18.0 Å². The second kappa shape index (κ2) is 4.13. The van der Waals surface area contributed by atoms with Gasteiger partial charge in [-0.05, 0) is 19.1 Å². The summed E-state index contributed by atoms with van der Waals surface area (Å²) in [5.74, 6) is -4.74. The number of nitrogens with one attached hydrogen (secondary N) is 1. The van der Waals surface area contributed by atoms with Crippen LogP contribution in [0.15, 0.2) is 12.1 Å². The van der Waals surface area contributed by atoms with Crippen molar-refractivity contribution in [1.29, 1.82) is 0 Å². The Morgan fingerprint density at radius 3 is 2.43 bits per heavy atom. The van der Waals surface area contributed by atoms with Crippen LogP contribution >= 0.6 is 0 Å². The van der Waals surface area contributed by atoms with E-state index in [1.807, 2.05) is 0 Å². The molecule has 0 saturated carbocycles. The molecular formula is C9H8F3NO. The molecule has 0 aliphatic carbocycles. The van der Waals surface area contributed by atoms with Crippen molar-refractivity contribution in [3.63, 3.8) is 0 Å². The number of rotatable bonds is 2. The molecule has 2 nitrogen and oxygen atoms in total. The van der Waals surface area contributed by atoms with Gasteiger partial charge in [-0.2, -0.15) is 0 Å². The molecule has 0 saturated heterocycles. The van der Waals surface area contributed by atoms with Crippen molar-refractivity contribution in [1.82, 2.24) is 5.32 Å². The predicted octanol–water partition coefficient (Wildman–Crippen LogP) is 1.85. The van der Waals surface area contributed by atoms with Crippen molar-refractivity contribution in [2.75, 3.05) is 6.54 Å². The summed E-state index contributed by atoms with van der Waals surface area (Å²) in [6, 6.07) is 1.34. The lowest BCUT2D eigenvalue weighted by atomic mass is 10.2. The highest BCUT2D eigenvalue weighted by Gasteiger charge is 2.19. The molecule has 76 valence electrons. The largest absolute Gasteiger partial charge is 0.352 e. The van der Waals surface area contributed by atoms with E-state index in [1.165, 1.54) is 0 Å². The fraction of sp³-hybridized carbons (Fsp3) is 0.222. The summed E-state index contributed by atoms with van der Waals surface area (Å²) < 4.78 is 38.5. The van der Waals surface area contributed by atoms with E-state index in [0.717, 1.165) is 0 Å². The van der Waals surface area contributed by atoms with Gasteiger partial charge in [0.2, 0.25) is 0 Å². The Balaban J connectivity index is 3.18. The van der Waals surface area contributed by atoms with Crippen molar-refractivity contribution in [3.05, 3.63) is 35.1 Å². The molecule has 1 aromatic carbocycles. The van der Waals surface area contributed by atoms with Crippen molar-refractivity contribution < 1.29 is 18.0 Å². The average molecular weight is 203 g/mol. The molecule has 0 atom stereocenters. The molecule has 1 amide bonds. The molecule has 0 aliphatic rings. The SMILES string of the molecule is CCNC(=O)c1c(F)ccc(F)c1F. The smallest absolute Gasteiger partial charge is 0.257 e. The first kappa shape index (κ1) is 10.6. The van der Waals surface area contributed by atoms with E-state index < -0.39 is 28.9 Å². The Bertz CT molecular complexity index is 365. The number of halogens is 3. The minimum Gasteiger partial charge on any atom is -0.352 e. The number of hydrogen-bond acceptors (Lipinski definition) is 1. The monoisotopic (exact) mass is 203 g/mol. The summed E-state index contributed by atoms with van der Waals surface area (Å²) >= 11 is 0. The van der Waals surface area contributed by atoms with E-state index >= 15 is 0 Å². The Morgan fingerprint density at radius 2 is 1.86 bits per heavy atom. The van der Waals surface area contributed by atoms with Crippen LogP contribution in [0.4, 0.5) is 13.2 Å². The lowest BCUT2D eigenvalue weighted by molar-refractivity contribution is 0.0946. The van der Waals surface area contributed by atoms with Gasteiger partial charge in [0.1, 0.15) is 11.4 Å². The molecule has 0 unspecified atom stereocenters. The predicted molar refractivity (Wildman–Crippen MR) is 44.3 cm³/mol. The minimum atomic E-state index is -1.46. The normalized spacial score (nSPS) is 10.0. The maximum Gasteiger partial charge on any atom is 0.257 e. The van der Waals surface area contributed by atoms with Crippen LogP contribution in [0.2, 0.25) is 0 Å². The van der Waals surface area contributed by atoms with E-state index in [-0.39, 0.29) is 6.54 Å². The van der Waals surface area contributed by atoms with Crippen LogP contribution in [-0.4, -0.2) is 12.5 Å². The van der Waals surface area contributed by atoms with Gasteiger partial charge >= 0.3 is 0 Å². The molecule has 1 N–H and O–H groups in total. The van der Waals surface area contributed by atoms with Gasteiger partial charge in [0, 0.05) is 6.54 Å². The molecule has 0 aliphatic heterocycles. The highest BCUT2D eigenvalue weighted by atomic mass is 19.2. The third-order valence-corrected chi connectivity index (χ3v) is 1.61. The van der Waals surface area contributed by atoms with Gasteiger partial charge in [0.25, 0.3) is 5.91 Å². The standard InChI is InChI=1S/C9H8F3NO/c1-2-13-9(14)7-5(10)3-4-6(11)8(7)12/h3-4H,2H2,1H3,(H,13,14). The van der Waals surface area contributed by atoms with Crippen LogP contribution in [0, 0.1) is 17.5 Å². The second-order valence-electron chi connectivity index (χ2n) is 2.58.